The number of aromatic amines is 1. The second kappa shape index (κ2) is 9.30. The van der Waals surface area contributed by atoms with E-state index in [1.165, 1.54) is 46.0 Å². The fourth-order valence-electron chi connectivity index (χ4n) is 4.46. The number of hydrogen-bond acceptors (Lipinski definition) is 2. The van der Waals surface area contributed by atoms with Crippen LogP contribution in [0.15, 0.2) is 42.5 Å². The maximum Gasteiger partial charge on any atom is 0.139 e. The average molecular weight is 403 g/mol. The van der Waals surface area contributed by atoms with Gasteiger partial charge in [-0.3, -0.25) is 0 Å². The first-order valence-corrected chi connectivity index (χ1v) is 11.6. The van der Waals surface area contributed by atoms with Crippen LogP contribution in [0.1, 0.15) is 68.7 Å². The van der Waals surface area contributed by atoms with E-state index in [1.807, 2.05) is 0 Å². The normalized spacial score (nSPS) is 16.0. The number of ether oxygens (including phenoxy) is 1. The molecule has 0 saturated heterocycles. The van der Waals surface area contributed by atoms with Gasteiger partial charge in [-0.1, -0.05) is 62.8 Å². The molecule has 4 rings (SSSR count). The SMILES string of the molecule is Bc1ccc2[nH]c(C(C)c3ccc(OCC[C@H](O)CC4CC4)cc3)c(CCC)c2c1. The zero-order valence-corrected chi connectivity index (χ0v) is 18.6. The van der Waals surface area contributed by atoms with Crippen molar-refractivity contribution in [3.05, 3.63) is 59.3 Å². The quantitative estimate of drug-likeness (QED) is 0.491. The first-order valence-electron chi connectivity index (χ1n) is 11.6. The number of aliphatic hydroxyl groups is 1. The van der Waals surface area contributed by atoms with Crippen molar-refractivity contribution in [2.75, 3.05) is 6.61 Å². The highest BCUT2D eigenvalue weighted by atomic mass is 16.5. The zero-order chi connectivity index (χ0) is 21.1. The second-order valence-corrected chi connectivity index (χ2v) is 9.08. The number of aryl methyl sites for hydroxylation is 1. The number of benzene rings is 2. The summed E-state index contributed by atoms with van der Waals surface area (Å²) in [5.74, 6) is 1.94. The monoisotopic (exact) mass is 403 g/mol. The lowest BCUT2D eigenvalue weighted by Crippen LogP contribution is -2.12. The minimum Gasteiger partial charge on any atom is -0.493 e. The number of fused-ring (bicyclic) bond motifs is 1. The molecule has 1 aliphatic carbocycles. The molecule has 1 fully saturated rings. The van der Waals surface area contributed by atoms with Crippen molar-refractivity contribution in [1.82, 2.24) is 4.98 Å². The summed E-state index contributed by atoms with van der Waals surface area (Å²) in [6, 6.07) is 15.2. The van der Waals surface area contributed by atoms with Crippen molar-refractivity contribution in [1.29, 1.82) is 0 Å². The van der Waals surface area contributed by atoms with Crippen LogP contribution in [-0.2, 0) is 6.42 Å². The van der Waals surface area contributed by atoms with Crippen molar-refractivity contribution in [3.63, 3.8) is 0 Å². The van der Waals surface area contributed by atoms with Gasteiger partial charge in [0.15, 0.2) is 0 Å². The molecule has 0 bridgehead atoms. The molecular formula is C26H34BNO2. The largest absolute Gasteiger partial charge is 0.493 e. The molecule has 2 N–H and O–H groups in total. The Morgan fingerprint density at radius 2 is 1.93 bits per heavy atom. The van der Waals surface area contributed by atoms with Gasteiger partial charge in [0.1, 0.15) is 13.6 Å². The van der Waals surface area contributed by atoms with Crippen molar-refractivity contribution in [3.8, 4) is 5.75 Å². The van der Waals surface area contributed by atoms with Gasteiger partial charge in [0.25, 0.3) is 0 Å². The highest BCUT2D eigenvalue weighted by molar-refractivity contribution is 6.33. The molecule has 1 aromatic heterocycles. The number of hydrogen-bond donors (Lipinski definition) is 2. The summed E-state index contributed by atoms with van der Waals surface area (Å²) < 4.78 is 5.87. The molecule has 30 heavy (non-hydrogen) atoms. The van der Waals surface area contributed by atoms with E-state index in [9.17, 15) is 5.11 Å². The van der Waals surface area contributed by atoms with Gasteiger partial charge >= 0.3 is 0 Å². The van der Waals surface area contributed by atoms with E-state index in [1.54, 1.807) is 0 Å². The first kappa shape index (κ1) is 21.1. The van der Waals surface area contributed by atoms with Gasteiger partial charge in [0, 0.05) is 28.9 Å². The van der Waals surface area contributed by atoms with Gasteiger partial charge in [-0.05, 0) is 48.1 Å². The first-order chi connectivity index (χ1) is 14.5. The highest BCUT2D eigenvalue weighted by Gasteiger charge is 2.24. The number of H-pyrrole nitrogens is 1. The Balaban J connectivity index is 1.44. The smallest absolute Gasteiger partial charge is 0.139 e. The van der Waals surface area contributed by atoms with Crippen LogP contribution in [0.25, 0.3) is 10.9 Å². The van der Waals surface area contributed by atoms with E-state index in [0.717, 1.165) is 30.9 Å². The lowest BCUT2D eigenvalue weighted by Gasteiger charge is -2.15. The van der Waals surface area contributed by atoms with Gasteiger partial charge in [0.05, 0.1) is 12.7 Å². The lowest BCUT2D eigenvalue weighted by atomic mass is 9.90. The Hall–Kier alpha value is -2.20. The van der Waals surface area contributed by atoms with Crippen LogP contribution in [0.5, 0.6) is 5.75 Å². The standard InChI is InChI=1S/C26H34BNO2/c1-3-4-23-24-16-20(27)9-12-25(24)28-26(23)17(2)19-7-10-22(11-8-19)30-14-13-21(29)15-18-5-6-18/h7-12,16-18,21,28-29H,3-6,13-15,27H2,1-2H3/t17?,21-/m0/s1. The van der Waals surface area contributed by atoms with Crippen LogP contribution in [0, 0.1) is 5.92 Å². The van der Waals surface area contributed by atoms with Crippen molar-refractivity contribution in [2.24, 2.45) is 5.92 Å². The zero-order valence-electron chi connectivity index (χ0n) is 18.6. The van der Waals surface area contributed by atoms with E-state index in [2.05, 4.69) is 69.1 Å². The highest BCUT2D eigenvalue weighted by Crippen LogP contribution is 2.34. The van der Waals surface area contributed by atoms with Crippen LogP contribution >= 0.6 is 0 Å². The van der Waals surface area contributed by atoms with Crippen LogP contribution in [0.4, 0.5) is 0 Å². The molecular weight excluding hydrogens is 369 g/mol. The third-order valence-corrected chi connectivity index (χ3v) is 6.43. The van der Waals surface area contributed by atoms with E-state index in [0.29, 0.717) is 18.9 Å². The molecule has 1 heterocycles. The van der Waals surface area contributed by atoms with Crippen molar-refractivity contribution in [2.45, 2.75) is 64.4 Å². The summed E-state index contributed by atoms with van der Waals surface area (Å²) >= 11 is 0. The number of aliphatic hydroxyl groups excluding tert-OH is 1. The summed E-state index contributed by atoms with van der Waals surface area (Å²) in [5.41, 5.74) is 6.61. The van der Waals surface area contributed by atoms with Crippen molar-refractivity contribution >= 4 is 24.2 Å². The van der Waals surface area contributed by atoms with E-state index in [-0.39, 0.29) is 6.10 Å². The van der Waals surface area contributed by atoms with E-state index < -0.39 is 0 Å². The second-order valence-electron chi connectivity index (χ2n) is 9.08. The lowest BCUT2D eigenvalue weighted by molar-refractivity contribution is 0.125. The average Bonchev–Trinajstić information content (AvgIpc) is 3.48. The summed E-state index contributed by atoms with van der Waals surface area (Å²) in [4.78, 5) is 3.70. The molecule has 1 aliphatic rings. The molecule has 4 heteroatoms. The molecule has 3 aromatic rings. The predicted molar refractivity (Wildman–Crippen MR) is 128 cm³/mol. The predicted octanol–water partition coefficient (Wildman–Crippen LogP) is 4.46. The molecule has 1 saturated carbocycles. The Bertz CT molecular complexity index is 975. The Labute approximate surface area is 181 Å². The third-order valence-electron chi connectivity index (χ3n) is 6.43. The minimum atomic E-state index is -0.223. The van der Waals surface area contributed by atoms with Crippen LogP contribution in [0.3, 0.4) is 0 Å². The number of rotatable bonds is 10. The minimum absolute atomic E-state index is 0.223. The molecule has 0 amide bonds. The fraction of sp³-hybridized carbons (Fsp3) is 0.462. The van der Waals surface area contributed by atoms with Gasteiger partial charge in [0.2, 0.25) is 0 Å². The van der Waals surface area contributed by atoms with Gasteiger partial charge < -0.3 is 14.8 Å². The van der Waals surface area contributed by atoms with Crippen LogP contribution in [0.2, 0.25) is 0 Å². The molecule has 1 unspecified atom stereocenters. The molecule has 2 atom stereocenters. The summed E-state index contributed by atoms with van der Waals surface area (Å²) in [6.07, 6.45) is 6.22. The molecule has 158 valence electrons. The van der Waals surface area contributed by atoms with Gasteiger partial charge in [-0.25, -0.2) is 0 Å². The van der Waals surface area contributed by atoms with Gasteiger partial charge in [-0.15, -0.1) is 0 Å². The van der Waals surface area contributed by atoms with Crippen LogP contribution < -0.4 is 10.2 Å². The van der Waals surface area contributed by atoms with E-state index >= 15 is 0 Å². The maximum absolute atomic E-state index is 10.0. The molecule has 0 aliphatic heterocycles. The van der Waals surface area contributed by atoms with Crippen molar-refractivity contribution < 1.29 is 9.84 Å². The van der Waals surface area contributed by atoms with Gasteiger partial charge in [-0.2, -0.15) is 0 Å². The summed E-state index contributed by atoms with van der Waals surface area (Å²) in [5, 5.41) is 11.4. The third kappa shape index (κ3) is 4.92. The summed E-state index contributed by atoms with van der Waals surface area (Å²) in [6.45, 7) is 5.10. The van der Waals surface area contributed by atoms with E-state index in [4.69, 9.17) is 4.74 Å². The Morgan fingerprint density at radius 3 is 2.63 bits per heavy atom. The Kier molecular flexibility index (Phi) is 6.53. The molecule has 0 spiro atoms. The maximum atomic E-state index is 10.0. The Morgan fingerprint density at radius 1 is 1.17 bits per heavy atom. The molecule has 3 nitrogen and oxygen atoms in total. The number of aromatic nitrogens is 1. The fourth-order valence-corrected chi connectivity index (χ4v) is 4.46. The molecule has 2 aromatic carbocycles. The van der Waals surface area contributed by atoms with Crippen LogP contribution in [-0.4, -0.2) is 30.6 Å². The number of nitrogens with one attached hydrogen (secondary N) is 1. The topological polar surface area (TPSA) is 45.2 Å². The summed E-state index contributed by atoms with van der Waals surface area (Å²) in [7, 11) is 2.16. The molecule has 0 radical (unpaired) electrons.